The summed E-state index contributed by atoms with van der Waals surface area (Å²) in [5.74, 6) is 0.118. The molecule has 2 aliphatic heterocycles. The van der Waals surface area contributed by atoms with Crippen molar-refractivity contribution in [3.8, 4) is 0 Å². The fourth-order valence-electron chi connectivity index (χ4n) is 3.39. The fraction of sp³-hybridized carbons (Fsp3) is 0.611. The van der Waals surface area contributed by atoms with Gasteiger partial charge in [-0.25, -0.2) is 13.1 Å². The molecule has 2 saturated heterocycles. The van der Waals surface area contributed by atoms with Crippen LogP contribution in [0.2, 0.25) is 0 Å². The summed E-state index contributed by atoms with van der Waals surface area (Å²) in [7, 11) is -3.52. The van der Waals surface area contributed by atoms with E-state index in [4.69, 9.17) is 4.74 Å². The van der Waals surface area contributed by atoms with Gasteiger partial charge in [-0.05, 0) is 37.8 Å². The van der Waals surface area contributed by atoms with E-state index in [1.54, 1.807) is 24.3 Å². The monoisotopic (exact) mass is 381 g/mol. The topological polar surface area (TPSA) is 87.7 Å². The molecule has 2 heterocycles. The number of hydrogen-bond acceptors (Lipinski definition) is 5. The molecule has 0 spiro atoms. The van der Waals surface area contributed by atoms with Gasteiger partial charge < -0.3 is 15.0 Å². The third-order valence-corrected chi connectivity index (χ3v) is 6.37. The van der Waals surface area contributed by atoms with E-state index in [0.29, 0.717) is 32.8 Å². The second-order valence-electron chi connectivity index (χ2n) is 7.02. The molecule has 2 aliphatic rings. The summed E-state index contributed by atoms with van der Waals surface area (Å²) in [4.78, 5) is 14.7. The molecule has 144 valence electrons. The smallest absolute Gasteiger partial charge is 0.253 e. The first-order valence-electron chi connectivity index (χ1n) is 9.13. The molecule has 2 fully saturated rings. The van der Waals surface area contributed by atoms with Crippen molar-refractivity contribution in [1.82, 2.24) is 14.9 Å². The molecule has 0 saturated carbocycles. The molecule has 26 heavy (non-hydrogen) atoms. The number of rotatable bonds is 5. The lowest BCUT2D eigenvalue weighted by molar-refractivity contribution is -0.147. The van der Waals surface area contributed by atoms with E-state index < -0.39 is 16.1 Å². The summed E-state index contributed by atoms with van der Waals surface area (Å²) in [5, 5.41) is 3.17. The van der Waals surface area contributed by atoms with Crippen molar-refractivity contribution in [2.45, 2.75) is 30.8 Å². The van der Waals surface area contributed by atoms with Gasteiger partial charge in [-0.2, -0.15) is 0 Å². The number of sulfonamides is 1. The average molecular weight is 381 g/mol. The van der Waals surface area contributed by atoms with Crippen LogP contribution in [0.4, 0.5) is 0 Å². The highest BCUT2D eigenvalue weighted by molar-refractivity contribution is 7.89. The molecule has 1 aromatic carbocycles. The maximum Gasteiger partial charge on any atom is 0.253 e. The lowest BCUT2D eigenvalue weighted by atomic mass is 9.98. The van der Waals surface area contributed by atoms with Crippen molar-refractivity contribution < 1.29 is 17.9 Å². The number of piperidine rings is 1. The molecule has 2 N–H and O–H groups in total. The molecular formula is C18H27N3O4S. The van der Waals surface area contributed by atoms with E-state index in [1.165, 1.54) is 0 Å². The van der Waals surface area contributed by atoms with Crippen LogP contribution in [0, 0.1) is 12.8 Å². The quantitative estimate of drug-likeness (QED) is 0.776. The number of nitrogens with zero attached hydrogens (tertiary/aromatic N) is 1. The molecule has 7 nitrogen and oxygen atoms in total. The van der Waals surface area contributed by atoms with Crippen LogP contribution in [0.25, 0.3) is 0 Å². The van der Waals surface area contributed by atoms with Crippen LogP contribution in [0.3, 0.4) is 0 Å². The lowest BCUT2D eigenvalue weighted by Crippen LogP contribution is -2.52. The molecular weight excluding hydrogens is 354 g/mol. The van der Waals surface area contributed by atoms with Crippen LogP contribution in [0.5, 0.6) is 0 Å². The standard InChI is InChI=1S/C18H27N3O4S/c1-14-4-6-16(7-5-14)26(23,24)20-11-15-3-2-9-21(13-15)18(22)17-12-19-8-10-25-17/h4-7,15,17,19-20H,2-3,8-13H2,1H3. The van der Waals surface area contributed by atoms with Crippen LogP contribution >= 0.6 is 0 Å². The van der Waals surface area contributed by atoms with Crippen LogP contribution in [-0.2, 0) is 19.6 Å². The van der Waals surface area contributed by atoms with E-state index in [2.05, 4.69) is 10.0 Å². The minimum atomic E-state index is -3.52. The normalized spacial score (nSPS) is 24.4. The molecule has 0 bridgehead atoms. The van der Waals surface area contributed by atoms with Gasteiger partial charge in [0.15, 0.2) is 0 Å². The number of ether oxygens (including phenoxy) is 1. The minimum Gasteiger partial charge on any atom is -0.366 e. The number of carbonyl (C=O) groups is 1. The lowest BCUT2D eigenvalue weighted by Gasteiger charge is -2.36. The first kappa shape index (κ1) is 19.3. The van der Waals surface area contributed by atoms with Gasteiger partial charge in [0, 0.05) is 32.7 Å². The Morgan fingerprint density at radius 3 is 2.81 bits per heavy atom. The third-order valence-electron chi connectivity index (χ3n) is 4.93. The Morgan fingerprint density at radius 1 is 1.35 bits per heavy atom. The summed E-state index contributed by atoms with van der Waals surface area (Å²) < 4.78 is 33.1. The largest absolute Gasteiger partial charge is 0.366 e. The summed E-state index contributed by atoms with van der Waals surface area (Å²) in [6.07, 6.45) is 1.36. The Labute approximate surface area is 155 Å². The van der Waals surface area contributed by atoms with Gasteiger partial charge in [-0.3, -0.25) is 4.79 Å². The van der Waals surface area contributed by atoms with Crippen molar-refractivity contribution in [3.63, 3.8) is 0 Å². The van der Waals surface area contributed by atoms with E-state index >= 15 is 0 Å². The number of nitrogens with one attached hydrogen (secondary N) is 2. The highest BCUT2D eigenvalue weighted by atomic mass is 32.2. The molecule has 8 heteroatoms. The van der Waals surface area contributed by atoms with Gasteiger partial charge >= 0.3 is 0 Å². The maximum atomic E-state index is 12.6. The fourth-order valence-corrected chi connectivity index (χ4v) is 4.50. The van der Waals surface area contributed by atoms with E-state index in [0.717, 1.165) is 24.9 Å². The second-order valence-corrected chi connectivity index (χ2v) is 8.79. The number of likely N-dealkylation sites (tertiary alicyclic amines) is 1. The number of carbonyl (C=O) groups excluding carboxylic acids is 1. The highest BCUT2D eigenvalue weighted by Crippen LogP contribution is 2.19. The Kier molecular flexibility index (Phi) is 6.29. The van der Waals surface area contributed by atoms with E-state index in [9.17, 15) is 13.2 Å². The van der Waals surface area contributed by atoms with Gasteiger partial charge in [0.2, 0.25) is 10.0 Å². The highest BCUT2D eigenvalue weighted by Gasteiger charge is 2.31. The van der Waals surface area contributed by atoms with Crippen LogP contribution < -0.4 is 10.0 Å². The Bertz CT molecular complexity index is 714. The predicted molar refractivity (Wildman–Crippen MR) is 98.3 cm³/mol. The molecule has 2 atom stereocenters. The summed E-state index contributed by atoms with van der Waals surface area (Å²) >= 11 is 0. The Hall–Kier alpha value is -1.48. The van der Waals surface area contributed by atoms with Gasteiger partial charge in [0.05, 0.1) is 11.5 Å². The van der Waals surface area contributed by atoms with Crippen LogP contribution in [0.1, 0.15) is 18.4 Å². The SMILES string of the molecule is Cc1ccc(S(=O)(=O)NCC2CCCN(C(=O)C3CNCCO3)C2)cc1. The van der Waals surface area contributed by atoms with Gasteiger partial charge in [-0.15, -0.1) is 0 Å². The summed E-state index contributed by atoms with van der Waals surface area (Å²) in [5.41, 5.74) is 1.02. The first-order valence-corrected chi connectivity index (χ1v) is 10.6. The molecule has 1 aromatic rings. The average Bonchev–Trinajstić information content (AvgIpc) is 2.67. The summed E-state index contributed by atoms with van der Waals surface area (Å²) in [6.45, 7) is 5.39. The Morgan fingerprint density at radius 2 is 2.12 bits per heavy atom. The zero-order chi connectivity index (χ0) is 18.6. The van der Waals surface area contributed by atoms with Gasteiger partial charge in [-0.1, -0.05) is 17.7 Å². The number of hydrogen-bond donors (Lipinski definition) is 2. The number of aryl methyl sites for hydroxylation is 1. The van der Waals surface area contributed by atoms with Crippen molar-refractivity contribution in [2.75, 3.05) is 39.3 Å². The molecule has 0 aromatic heterocycles. The number of benzene rings is 1. The zero-order valence-electron chi connectivity index (χ0n) is 15.1. The molecule has 2 unspecified atom stereocenters. The molecule has 0 aliphatic carbocycles. The van der Waals surface area contributed by atoms with Crippen molar-refractivity contribution >= 4 is 15.9 Å². The van der Waals surface area contributed by atoms with Crippen molar-refractivity contribution in [3.05, 3.63) is 29.8 Å². The van der Waals surface area contributed by atoms with Gasteiger partial charge in [0.1, 0.15) is 6.10 Å². The Balaban J connectivity index is 1.54. The van der Waals surface area contributed by atoms with E-state index in [-0.39, 0.29) is 16.7 Å². The molecule has 0 radical (unpaired) electrons. The molecule has 1 amide bonds. The minimum absolute atomic E-state index is 0.00305. The first-order chi connectivity index (χ1) is 12.5. The zero-order valence-corrected chi connectivity index (χ0v) is 15.9. The maximum absolute atomic E-state index is 12.6. The van der Waals surface area contributed by atoms with Crippen molar-refractivity contribution in [2.24, 2.45) is 5.92 Å². The summed E-state index contributed by atoms with van der Waals surface area (Å²) in [6, 6.07) is 6.80. The molecule has 3 rings (SSSR count). The van der Waals surface area contributed by atoms with Crippen molar-refractivity contribution in [1.29, 1.82) is 0 Å². The van der Waals surface area contributed by atoms with Gasteiger partial charge in [0.25, 0.3) is 5.91 Å². The van der Waals surface area contributed by atoms with Crippen LogP contribution in [-0.4, -0.2) is 64.7 Å². The third kappa shape index (κ3) is 4.82. The number of morpholine rings is 1. The number of amides is 1. The predicted octanol–water partition coefficient (Wildman–Crippen LogP) is 0.500. The van der Waals surface area contributed by atoms with Crippen LogP contribution in [0.15, 0.2) is 29.2 Å². The second kappa shape index (κ2) is 8.47. The van der Waals surface area contributed by atoms with E-state index in [1.807, 2.05) is 11.8 Å².